The highest BCUT2D eigenvalue weighted by Crippen LogP contribution is 2.33. The number of hydrogen-bond donors (Lipinski definition) is 0. The standard InChI is InChI=1S/C30H38N4O4/c1-5-6-18-38-29-26(35)20-25(21-31(2)3)34-28(29)30(36)32(17-19-37-4)22-33(34)27(23-13-9-7-10-14-23)24-15-11-8-12-16-24/h7-16,20,27H,5-6,17-19,21-22H2,1-4H3. The zero-order valence-corrected chi connectivity index (χ0v) is 22.8. The summed E-state index contributed by atoms with van der Waals surface area (Å²) in [6.07, 6.45) is 1.71. The minimum atomic E-state index is -0.276. The molecule has 0 bridgehead atoms. The van der Waals surface area contributed by atoms with Crippen molar-refractivity contribution in [1.29, 1.82) is 0 Å². The lowest BCUT2D eigenvalue weighted by Gasteiger charge is -2.45. The van der Waals surface area contributed by atoms with Crippen LogP contribution in [0.4, 0.5) is 0 Å². The smallest absolute Gasteiger partial charge is 0.277 e. The predicted octanol–water partition coefficient (Wildman–Crippen LogP) is 3.88. The minimum absolute atomic E-state index is 0.109. The molecule has 0 saturated carbocycles. The Morgan fingerprint density at radius 1 is 0.947 bits per heavy atom. The van der Waals surface area contributed by atoms with Crippen molar-refractivity contribution < 1.29 is 14.3 Å². The third-order valence-electron chi connectivity index (χ3n) is 6.60. The Morgan fingerprint density at radius 3 is 2.13 bits per heavy atom. The summed E-state index contributed by atoms with van der Waals surface area (Å²) in [5.74, 6) is -0.125. The average molecular weight is 519 g/mol. The number of benzene rings is 2. The van der Waals surface area contributed by atoms with Gasteiger partial charge in [-0.1, -0.05) is 74.0 Å². The van der Waals surface area contributed by atoms with Gasteiger partial charge >= 0.3 is 0 Å². The van der Waals surface area contributed by atoms with E-state index in [4.69, 9.17) is 9.47 Å². The van der Waals surface area contributed by atoms with Gasteiger partial charge < -0.3 is 19.3 Å². The fraction of sp³-hybridized carbons (Fsp3) is 0.400. The minimum Gasteiger partial charge on any atom is -0.487 e. The van der Waals surface area contributed by atoms with E-state index in [0.29, 0.717) is 33.0 Å². The molecular weight excluding hydrogens is 480 g/mol. The highest BCUT2D eigenvalue weighted by molar-refractivity contribution is 5.96. The predicted molar refractivity (Wildman–Crippen MR) is 149 cm³/mol. The number of pyridine rings is 1. The monoisotopic (exact) mass is 518 g/mol. The van der Waals surface area contributed by atoms with E-state index in [1.807, 2.05) is 60.1 Å². The quantitative estimate of drug-likeness (QED) is 0.339. The normalized spacial score (nSPS) is 13.4. The van der Waals surface area contributed by atoms with E-state index in [-0.39, 0.29) is 28.8 Å². The lowest BCUT2D eigenvalue weighted by atomic mass is 9.98. The molecule has 0 atom stereocenters. The molecule has 8 nitrogen and oxygen atoms in total. The molecule has 3 aromatic rings. The van der Waals surface area contributed by atoms with Crippen LogP contribution < -0.4 is 15.2 Å². The van der Waals surface area contributed by atoms with Crippen molar-refractivity contribution >= 4 is 5.91 Å². The van der Waals surface area contributed by atoms with E-state index < -0.39 is 0 Å². The molecule has 1 aliphatic rings. The molecule has 0 N–H and O–H groups in total. The number of unbranched alkanes of at least 4 members (excludes halogenated alkanes) is 1. The molecule has 1 aliphatic heterocycles. The fourth-order valence-electron chi connectivity index (χ4n) is 4.84. The van der Waals surface area contributed by atoms with Gasteiger partial charge in [0, 0.05) is 26.3 Å². The van der Waals surface area contributed by atoms with Gasteiger partial charge in [-0.2, -0.15) is 0 Å². The number of hydrogen-bond acceptors (Lipinski definition) is 6. The van der Waals surface area contributed by atoms with Gasteiger partial charge in [-0.05, 0) is 31.6 Å². The first-order valence-corrected chi connectivity index (χ1v) is 13.2. The van der Waals surface area contributed by atoms with Crippen LogP contribution in [0.25, 0.3) is 0 Å². The number of carbonyl (C=O) groups is 1. The van der Waals surface area contributed by atoms with Crippen molar-refractivity contribution in [3.63, 3.8) is 0 Å². The highest BCUT2D eigenvalue weighted by atomic mass is 16.5. The highest BCUT2D eigenvalue weighted by Gasteiger charge is 2.38. The molecule has 38 heavy (non-hydrogen) atoms. The zero-order chi connectivity index (χ0) is 27.1. The van der Waals surface area contributed by atoms with E-state index in [0.717, 1.165) is 29.7 Å². The summed E-state index contributed by atoms with van der Waals surface area (Å²) in [6.45, 7) is 4.02. The summed E-state index contributed by atoms with van der Waals surface area (Å²) in [4.78, 5) is 31.1. The summed E-state index contributed by atoms with van der Waals surface area (Å²) < 4.78 is 13.3. The summed E-state index contributed by atoms with van der Waals surface area (Å²) >= 11 is 0. The van der Waals surface area contributed by atoms with E-state index in [1.165, 1.54) is 0 Å². The Bertz CT molecular complexity index is 1220. The molecule has 2 aromatic carbocycles. The Hall–Kier alpha value is -3.62. The number of aromatic nitrogens is 1. The van der Waals surface area contributed by atoms with E-state index in [1.54, 1.807) is 18.1 Å². The summed E-state index contributed by atoms with van der Waals surface area (Å²) in [5.41, 5.74) is 2.88. The number of ether oxygens (including phenoxy) is 2. The maximum Gasteiger partial charge on any atom is 0.277 e. The number of rotatable bonds is 12. The van der Waals surface area contributed by atoms with Crippen molar-refractivity contribution in [1.82, 2.24) is 14.5 Å². The second-order valence-electron chi connectivity index (χ2n) is 9.80. The number of methoxy groups -OCH3 is 1. The number of amides is 1. The fourth-order valence-corrected chi connectivity index (χ4v) is 4.84. The molecule has 4 rings (SSSR count). The van der Waals surface area contributed by atoms with Crippen LogP contribution in [0.2, 0.25) is 0 Å². The van der Waals surface area contributed by atoms with Crippen LogP contribution in [-0.2, 0) is 11.3 Å². The first-order chi connectivity index (χ1) is 18.5. The molecular formula is C30H38N4O4. The molecule has 0 saturated heterocycles. The summed E-state index contributed by atoms with van der Waals surface area (Å²) in [5, 5.41) is 2.17. The molecule has 0 aliphatic carbocycles. The third-order valence-corrected chi connectivity index (χ3v) is 6.60. The Morgan fingerprint density at radius 2 is 1.58 bits per heavy atom. The Kier molecular flexibility index (Phi) is 9.20. The van der Waals surface area contributed by atoms with Crippen LogP contribution in [0.3, 0.4) is 0 Å². The van der Waals surface area contributed by atoms with Gasteiger partial charge in [0.25, 0.3) is 5.91 Å². The van der Waals surface area contributed by atoms with Crippen LogP contribution >= 0.6 is 0 Å². The van der Waals surface area contributed by atoms with Crippen molar-refractivity contribution in [3.8, 4) is 5.75 Å². The van der Waals surface area contributed by atoms with Gasteiger partial charge in [0.2, 0.25) is 5.43 Å². The van der Waals surface area contributed by atoms with Crippen LogP contribution in [0.1, 0.15) is 53.1 Å². The number of fused-ring (bicyclic) bond motifs is 1. The molecule has 1 aromatic heterocycles. The second kappa shape index (κ2) is 12.8. The van der Waals surface area contributed by atoms with Gasteiger partial charge in [-0.25, -0.2) is 4.68 Å². The zero-order valence-electron chi connectivity index (χ0n) is 22.8. The van der Waals surface area contributed by atoms with E-state index in [9.17, 15) is 9.59 Å². The van der Waals surface area contributed by atoms with E-state index in [2.05, 4.69) is 36.2 Å². The Balaban J connectivity index is 1.99. The van der Waals surface area contributed by atoms with Crippen molar-refractivity contribution in [3.05, 3.63) is 99.5 Å². The molecule has 0 radical (unpaired) electrons. The lowest BCUT2D eigenvalue weighted by Crippen LogP contribution is -2.57. The van der Waals surface area contributed by atoms with Crippen LogP contribution in [-0.4, -0.2) is 68.0 Å². The average Bonchev–Trinajstić information content (AvgIpc) is 2.91. The van der Waals surface area contributed by atoms with Crippen molar-refractivity contribution in [2.75, 3.05) is 52.6 Å². The number of nitrogens with zero attached hydrogens (tertiary/aromatic N) is 4. The molecule has 0 unspecified atom stereocenters. The lowest BCUT2D eigenvalue weighted by molar-refractivity contribution is 0.0608. The topological polar surface area (TPSA) is 67.2 Å². The van der Waals surface area contributed by atoms with Gasteiger partial charge in [-0.3, -0.25) is 14.6 Å². The number of carbonyl (C=O) groups excluding carboxylic acids is 1. The first kappa shape index (κ1) is 27.4. The third kappa shape index (κ3) is 5.92. The van der Waals surface area contributed by atoms with Crippen LogP contribution in [0.15, 0.2) is 71.5 Å². The van der Waals surface area contributed by atoms with Gasteiger partial charge in [0.1, 0.15) is 6.67 Å². The maximum absolute atomic E-state index is 14.0. The van der Waals surface area contributed by atoms with Crippen LogP contribution in [0, 0.1) is 0 Å². The van der Waals surface area contributed by atoms with Crippen LogP contribution in [0.5, 0.6) is 5.75 Å². The molecule has 2 heterocycles. The molecule has 0 fully saturated rings. The second-order valence-corrected chi connectivity index (χ2v) is 9.80. The first-order valence-electron chi connectivity index (χ1n) is 13.2. The van der Waals surface area contributed by atoms with Gasteiger partial charge in [0.15, 0.2) is 11.4 Å². The Labute approximate surface area is 225 Å². The van der Waals surface area contributed by atoms with Gasteiger partial charge in [0.05, 0.1) is 24.9 Å². The summed E-state index contributed by atoms with van der Waals surface area (Å²) in [7, 11) is 5.53. The molecule has 0 spiro atoms. The van der Waals surface area contributed by atoms with Crippen molar-refractivity contribution in [2.45, 2.75) is 32.4 Å². The largest absolute Gasteiger partial charge is 0.487 e. The summed E-state index contributed by atoms with van der Waals surface area (Å²) in [6, 6.07) is 21.9. The maximum atomic E-state index is 14.0. The van der Waals surface area contributed by atoms with E-state index >= 15 is 0 Å². The molecule has 1 amide bonds. The SMILES string of the molecule is CCCCOc1c2n(c(CN(C)C)cc1=O)N(C(c1ccccc1)c1ccccc1)CN(CCOC)C2=O. The van der Waals surface area contributed by atoms with Gasteiger partial charge in [-0.15, -0.1) is 0 Å². The molecule has 8 heteroatoms. The molecule has 202 valence electrons. The van der Waals surface area contributed by atoms with Crippen molar-refractivity contribution in [2.24, 2.45) is 0 Å².